The van der Waals surface area contributed by atoms with Gasteiger partial charge in [0.05, 0.1) is 12.7 Å². The van der Waals surface area contributed by atoms with Gasteiger partial charge in [-0.1, -0.05) is 24.3 Å². The Morgan fingerprint density at radius 1 is 1.50 bits per heavy atom. The van der Waals surface area contributed by atoms with Crippen LogP contribution in [0.5, 0.6) is 0 Å². The molecule has 1 N–H and O–H groups in total. The van der Waals surface area contributed by atoms with Gasteiger partial charge < -0.3 is 9.84 Å². The molecule has 1 unspecified atom stereocenters. The molecule has 2 nitrogen and oxygen atoms in total. The maximum Gasteiger partial charge on any atom is 0.0902 e. The normalized spacial score (nSPS) is 12.1. The topological polar surface area (TPSA) is 29.5 Å². The maximum absolute atomic E-state index is 9.73. The van der Waals surface area contributed by atoms with Crippen LogP contribution in [0.25, 0.3) is 0 Å². The van der Waals surface area contributed by atoms with Gasteiger partial charge in [-0.25, -0.2) is 0 Å². The first kappa shape index (κ1) is 10.8. The summed E-state index contributed by atoms with van der Waals surface area (Å²) in [7, 11) is 1.63. The van der Waals surface area contributed by atoms with Crippen LogP contribution in [0.15, 0.2) is 24.3 Å². The zero-order valence-corrected chi connectivity index (χ0v) is 8.23. The number of ether oxygens (including phenoxy) is 1. The molecule has 0 saturated heterocycles. The highest BCUT2D eigenvalue weighted by Gasteiger charge is 2.09. The van der Waals surface area contributed by atoms with Gasteiger partial charge in [-0.05, 0) is 11.1 Å². The van der Waals surface area contributed by atoms with E-state index in [1.165, 1.54) is 0 Å². The van der Waals surface area contributed by atoms with E-state index < -0.39 is 6.10 Å². The monoisotopic (exact) mass is 190 g/mol. The first-order valence-electron chi connectivity index (χ1n) is 4.48. The van der Waals surface area contributed by atoms with Crippen molar-refractivity contribution in [2.45, 2.75) is 19.1 Å². The minimum atomic E-state index is -0.591. The van der Waals surface area contributed by atoms with Crippen molar-refractivity contribution in [1.82, 2.24) is 0 Å². The van der Waals surface area contributed by atoms with Crippen molar-refractivity contribution >= 4 is 0 Å². The highest BCUT2D eigenvalue weighted by molar-refractivity contribution is 5.29. The Morgan fingerprint density at radius 3 is 2.86 bits per heavy atom. The summed E-state index contributed by atoms with van der Waals surface area (Å²) in [6.07, 6.45) is 4.89. The Balaban J connectivity index is 2.89. The fraction of sp³-hybridized carbons (Fsp3) is 0.333. The number of benzene rings is 1. The van der Waals surface area contributed by atoms with Crippen molar-refractivity contribution in [3.63, 3.8) is 0 Å². The van der Waals surface area contributed by atoms with Crippen LogP contribution >= 0.6 is 0 Å². The predicted octanol–water partition coefficient (Wildman–Crippen LogP) is 1.89. The fourth-order valence-corrected chi connectivity index (χ4v) is 1.37. The number of rotatable bonds is 4. The summed E-state index contributed by atoms with van der Waals surface area (Å²) in [6, 6.07) is 7.60. The summed E-state index contributed by atoms with van der Waals surface area (Å²) in [5.41, 5.74) is 1.84. The summed E-state index contributed by atoms with van der Waals surface area (Å²) < 4.78 is 5.03. The molecule has 2 heteroatoms. The Hall–Kier alpha value is -1.30. The molecule has 0 aliphatic carbocycles. The van der Waals surface area contributed by atoms with E-state index in [4.69, 9.17) is 11.2 Å². The molecule has 0 fully saturated rings. The Morgan fingerprint density at radius 2 is 2.21 bits per heavy atom. The van der Waals surface area contributed by atoms with Crippen LogP contribution in [0.1, 0.15) is 23.7 Å². The first-order valence-corrected chi connectivity index (χ1v) is 4.48. The highest BCUT2D eigenvalue weighted by atomic mass is 16.5. The van der Waals surface area contributed by atoms with E-state index in [1.54, 1.807) is 7.11 Å². The smallest absolute Gasteiger partial charge is 0.0902 e. The lowest BCUT2D eigenvalue weighted by Crippen LogP contribution is -2.02. The van der Waals surface area contributed by atoms with E-state index in [1.807, 2.05) is 24.3 Å². The quantitative estimate of drug-likeness (QED) is 0.735. The van der Waals surface area contributed by atoms with Gasteiger partial charge in [0.15, 0.2) is 0 Å². The third kappa shape index (κ3) is 2.59. The van der Waals surface area contributed by atoms with Crippen molar-refractivity contribution in [3.05, 3.63) is 35.4 Å². The lowest BCUT2D eigenvalue weighted by Gasteiger charge is -2.12. The Bertz CT molecular complexity index is 325. The fourth-order valence-electron chi connectivity index (χ4n) is 1.37. The lowest BCUT2D eigenvalue weighted by atomic mass is 10.0. The summed E-state index contributed by atoms with van der Waals surface area (Å²) >= 11 is 0. The van der Waals surface area contributed by atoms with E-state index in [-0.39, 0.29) is 0 Å². The average molecular weight is 190 g/mol. The number of terminal acetylenes is 1. The molecule has 0 saturated carbocycles. The molecule has 1 aromatic carbocycles. The molecule has 0 bridgehead atoms. The zero-order valence-electron chi connectivity index (χ0n) is 8.23. The number of hydrogen-bond donors (Lipinski definition) is 1. The molecular formula is C12H14O2. The van der Waals surface area contributed by atoms with Gasteiger partial charge in [-0.15, -0.1) is 12.3 Å². The van der Waals surface area contributed by atoms with Gasteiger partial charge >= 0.3 is 0 Å². The molecule has 1 aromatic rings. The molecule has 1 atom stereocenters. The number of aliphatic hydroxyl groups excluding tert-OH is 1. The van der Waals surface area contributed by atoms with E-state index in [9.17, 15) is 5.11 Å². The van der Waals surface area contributed by atoms with Crippen molar-refractivity contribution < 1.29 is 9.84 Å². The molecule has 0 aliphatic heterocycles. The summed E-state index contributed by atoms with van der Waals surface area (Å²) in [5.74, 6) is 2.44. The number of hydrogen-bond acceptors (Lipinski definition) is 2. The van der Waals surface area contributed by atoms with Gasteiger partial charge in [-0.3, -0.25) is 0 Å². The Labute approximate surface area is 84.5 Å². The minimum absolute atomic E-state index is 0.334. The van der Waals surface area contributed by atoms with Crippen LogP contribution < -0.4 is 0 Å². The lowest BCUT2D eigenvalue weighted by molar-refractivity contribution is 0.164. The van der Waals surface area contributed by atoms with Crippen molar-refractivity contribution in [3.8, 4) is 12.3 Å². The van der Waals surface area contributed by atoms with Gasteiger partial charge in [0.25, 0.3) is 0 Å². The molecule has 0 radical (unpaired) electrons. The van der Waals surface area contributed by atoms with Crippen molar-refractivity contribution in [2.24, 2.45) is 0 Å². The largest absolute Gasteiger partial charge is 0.387 e. The standard InChI is InChI=1S/C12H14O2/c1-3-6-12(13)11-8-5-4-7-10(11)9-14-2/h1,4-5,7-8,12-13H,6,9H2,2H3. The van der Waals surface area contributed by atoms with Crippen LogP contribution in [-0.4, -0.2) is 12.2 Å². The zero-order chi connectivity index (χ0) is 10.4. The average Bonchev–Trinajstić information content (AvgIpc) is 2.19. The van der Waals surface area contributed by atoms with Gasteiger partial charge in [-0.2, -0.15) is 0 Å². The summed E-state index contributed by atoms with van der Waals surface area (Å²) in [6.45, 7) is 0.498. The predicted molar refractivity (Wildman–Crippen MR) is 55.6 cm³/mol. The molecule has 0 spiro atoms. The van der Waals surface area contributed by atoms with E-state index in [0.29, 0.717) is 13.0 Å². The van der Waals surface area contributed by atoms with Gasteiger partial charge in [0.1, 0.15) is 0 Å². The Kier molecular flexibility index (Phi) is 4.18. The highest BCUT2D eigenvalue weighted by Crippen LogP contribution is 2.20. The summed E-state index contributed by atoms with van der Waals surface area (Å²) in [4.78, 5) is 0. The van der Waals surface area contributed by atoms with E-state index in [0.717, 1.165) is 11.1 Å². The molecule has 0 aromatic heterocycles. The van der Waals surface area contributed by atoms with Crippen LogP contribution in [0.4, 0.5) is 0 Å². The molecule has 0 amide bonds. The van der Waals surface area contributed by atoms with Crippen LogP contribution in [0.3, 0.4) is 0 Å². The van der Waals surface area contributed by atoms with E-state index in [2.05, 4.69) is 5.92 Å². The van der Waals surface area contributed by atoms with Crippen molar-refractivity contribution in [2.75, 3.05) is 7.11 Å². The van der Waals surface area contributed by atoms with Crippen LogP contribution in [-0.2, 0) is 11.3 Å². The number of methoxy groups -OCH3 is 1. The summed E-state index contributed by atoms with van der Waals surface area (Å²) in [5, 5.41) is 9.73. The molecule has 74 valence electrons. The number of aliphatic hydroxyl groups is 1. The molecule has 0 heterocycles. The molecule has 1 rings (SSSR count). The van der Waals surface area contributed by atoms with Crippen LogP contribution in [0, 0.1) is 12.3 Å². The first-order chi connectivity index (χ1) is 6.79. The second-order valence-electron chi connectivity index (χ2n) is 3.06. The minimum Gasteiger partial charge on any atom is -0.387 e. The third-order valence-corrected chi connectivity index (χ3v) is 2.03. The van der Waals surface area contributed by atoms with Gasteiger partial charge in [0, 0.05) is 13.5 Å². The molecule has 14 heavy (non-hydrogen) atoms. The van der Waals surface area contributed by atoms with Crippen LogP contribution in [0.2, 0.25) is 0 Å². The second kappa shape index (κ2) is 5.43. The second-order valence-corrected chi connectivity index (χ2v) is 3.06. The molecular weight excluding hydrogens is 176 g/mol. The third-order valence-electron chi connectivity index (χ3n) is 2.03. The molecule has 0 aliphatic rings. The van der Waals surface area contributed by atoms with Crippen molar-refractivity contribution in [1.29, 1.82) is 0 Å². The maximum atomic E-state index is 9.73. The van der Waals surface area contributed by atoms with Gasteiger partial charge in [0.2, 0.25) is 0 Å². The SMILES string of the molecule is C#CCC(O)c1ccccc1COC. The van der Waals surface area contributed by atoms with E-state index >= 15 is 0 Å².